The Hall–Kier alpha value is -3.39. The van der Waals surface area contributed by atoms with Crippen LogP contribution >= 0.6 is 11.3 Å². The van der Waals surface area contributed by atoms with Gasteiger partial charge in [-0.2, -0.15) is 0 Å². The second-order valence-electron chi connectivity index (χ2n) is 10.9. The number of nitrogens with zero attached hydrogens (tertiary/aromatic N) is 2. The molecule has 41 heavy (non-hydrogen) atoms. The molecule has 1 aromatic carbocycles. The van der Waals surface area contributed by atoms with Crippen LogP contribution in [0.3, 0.4) is 0 Å². The fraction of sp³-hybridized carbons (Fsp3) is 0.536. The Bertz CT molecular complexity index is 1210. The van der Waals surface area contributed by atoms with E-state index in [0.717, 1.165) is 21.7 Å². The number of aliphatic carboxylic acids is 1. The topological polar surface area (TPSA) is 167 Å². The molecule has 1 aliphatic rings. The van der Waals surface area contributed by atoms with Crippen LogP contribution in [0.5, 0.6) is 0 Å². The third kappa shape index (κ3) is 9.32. The second kappa shape index (κ2) is 14.5. The smallest absolute Gasteiger partial charge is 0.329 e. The lowest BCUT2D eigenvalue weighted by atomic mass is 9.85. The van der Waals surface area contributed by atoms with E-state index >= 15 is 0 Å². The summed E-state index contributed by atoms with van der Waals surface area (Å²) in [5, 5.41) is 24.5. The quantitative estimate of drug-likeness (QED) is 0.252. The van der Waals surface area contributed by atoms with Gasteiger partial charge in [-0.05, 0) is 23.5 Å². The predicted octanol–water partition coefficient (Wildman–Crippen LogP) is 1.35. The molecule has 2 heterocycles. The average Bonchev–Trinajstić information content (AvgIpc) is 3.52. The summed E-state index contributed by atoms with van der Waals surface area (Å²) in [7, 11) is 0. The molecule has 0 bridgehead atoms. The van der Waals surface area contributed by atoms with Crippen molar-refractivity contribution < 1.29 is 38.9 Å². The fourth-order valence-corrected chi connectivity index (χ4v) is 5.24. The number of likely N-dealkylation sites (tertiary alicyclic amines) is 1. The number of benzene rings is 1. The number of hydrogen-bond donors (Lipinski definition) is 4. The van der Waals surface area contributed by atoms with Crippen LogP contribution in [0.1, 0.15) is 38.4 Å². The van der Waals surface area contributed by atoms with E-state index in [9.17, 15) is 24.3 Å². The standard InChI is InChI=1S/C28H38N4O8S/c1-17-24(41-16-30-17)19-7-5-18(6-8-19)12-29-26(37)21-11-20(33)13-32(21)27(38)25(28(2,3)4)31-22(34)14-39-9-10-40-15-23(35)36/h5-8,16,20-21,25,33H,9-15H2,1-4H3,(H,29,37)(H,31,34)(H,35,36)/t20-,21-,25+/m0/s1. The molecule has 0 unspecified atom stereocenters. The van der Waals surface area contributed by atoms with Crippen molar-refractivity contribution in [2.75, 3.05) is 33.0 Å². The number of thiazole rings is 1. The summed E-state index contributed by atoms with van der Waals surface area (Å²) < 4.78 is 10.1. The maximum Gasteiger partial charge on any atom is 0.329 e. The summed E-state index contributed by atoms with van der Waals surface area (Å²) in [6.07, 6.45) is -0.784. The summed E-state index contributed by atoms with van der Waals surface area (Å²) in [5.74, 6) is -2.52. The van der Waals surface area contributed by atoms with Crippen molar-refractivity contribution in [2.24, 2.45) is 5.41 Å². The Morgan fingerprint density at radius 3 is 2.37 bits per heavy atom. The number of nitrogens with one attached hydrogen (secondary N) is 2. The molecule has 1 aromatic heterocycles. The molecular formula is C28H38N4O8S. The molecule has 1 aliphatic heterocycles. The van der Waals surface area contributed by atoms with Gasteiger partial charge in [0.1, 0.15) is 25.3 Å². The van der Waals surface area contributed by atoms with E-state index in [0.29, 0.717) is 0 Å². The maximum absolute atomic E-state index is 13.6. The van der Waals surface area contributed by atoms with Crippen LogP contribution in [0.4, 0.5) is 0 Å². The number of carbonyl (C=O) groups is 4. The largest absolute Gasteiger partial charge is 0.480 e. The van der Waals surface area contributed by atoms with Crippen molar-refractivity contribution in [2.45, 2.75) is 58.8 Å². The van der Waals surface area contributed by atoms with E-state index in [-0.39, 0.29) is 45.2 Å². The zero-order valence-corrected chi connectivity index (χ0v) is 24.5. The van der Waals surface area contributed by atoms with Gasteiger partial charge >= 0.3 is 5.97 Å². The first-order valence-corrected chi connectivity index (χ1v) is 14.2. The highest BCUT2D eigenvalue weighted by Crippen LogP contribution is 2.28. The highest BCUT2D eigenvalue weighted by Gasteiger charge is 2.44. The van der Waals surface area contributed by atoms with Crippen molar-refractivity contribution in [1.82, 2.24) is 20.5 Å². The Morgan fingerprint density at radius 1 is 1.12 bits per heavy atom. The van der Waals surface area contributed by atoms with Gasteiger partial charge in [-0.25, -0.2) is 9.78 Å². The predicted molar refractivity (Wildman–Crippen MR) is 151 cm³/mol. The molecular weight excluding hydrogens is 552 g/mol. The Morgan fingerprint density at radius 2 is 1.78 bits per heavy atom. The molecule has 3 rings (SSSR count). The number of hydrogen-bond acceptors (Lipinski definition) is 9. The first kappa shape index (κ1) is 32.1. The summed E-state index contributed by atoms with van der Waals surface area (Å²) in [6.45, 7) is 6.72. The fourth-order valence-electron chi connectivity index (χ4n) is 4.43. The Kier molecular flexibility index (Phi) is 11.4. The summed E-state index contributed by atoms with van der Waals surface area (Å²) in [6, 6.07) is 5.92. The van der Waals surface area contributed by atoms with Gasteiger partial charge in [0.2, 0.25) is 17.7 Å². The molecule has 1 saturated heterocycles. The van der Waals surface area contributed by atoms with Gasteiger partial charge in [-0.15, -0.1) is 11.3 Å². The maximum atomic E-state index is 13.6. The van der Waals surface area contributed by atoms with Crippen LogP contribution in [-0.2, 0) is 35.2 Å². The number of ether oxygens (including phenoxy) is 2. The molecule has 0 saturated carbocycles. The number of carboxylic acid groups (broad SMARTS) is 1. The summed E-state index contributed by atoms with van der Waals surface area (Å²) >= 11 is 1.56. The van der Waals surface area contributed by atoms with Gasteiger partial charge in [-0.3, -0.25) is 14.4 Å². The van der Waals surface area contributed by atoms with Gasteiger partial charge in [0.05, 0.1) is 35.4 Å². The molecule has 4 N–H and O–H groups in total. The molecule has 0 spiro atoms. The van der Waals surface area contributed by atoms with Gasteiger partial charge in [0, 0.05) is 19.5 Å². The molecule has 0 radical (unpaired) electrons. The van der Waals surface area contributed by atoms with E-state index in [1.54, 1.807) is 37.6 Å². The van der Waals surface area contributed by atoms with E-state index in [2.05, 4.69) is 15.6 Å². The zero-order chi connectivity index (χ0) is 30.2. The molecule has 2 aromatic rings. The number of amides is 3. The van der Waals surface area contributed by atoms with Crippen LogP contribution in [0, 0.1) is 12.3 Å². The number of aryl methyl sites for hydroxylation is 1. The minimum atomic E-state index is -1.11. The minimum absolute atomic E-state index is 0.000400. The van der Waals surface area contributed by atoms with Gasteiger partial charge < -0.3 is 35.2 Å². The minimum Gasteiger partial charge on any atom is -0.480 e. The van der Waals surface area contributed by atoms with Crippen LogP contribution in [0.2, 0.25) is 0 Å². The number of β-amino-alcohol motifs (C(OH)–C–C–N with tert-alkyl or cyclic N) is 1. The van der Waals surface area contributed by atoms with Crippen molar-refractivity contribution in [3.8, 4) is 10.4 Å². The average molecular weight is 591 g/mol. The van der Waals surface area contributed by atoms with E-state index in [1.807, 2.05) is 31.2 Å². The lowest BCUT2D eigenvalue weighted by Crippen LogP contribution is -2.58. The van der Waals surface area contributed by atoms with Crippen LogP contribution in [0.15, 0.2) is 29.8 Å². The molecule has 12 nitrogen and oxygen atoms in total. The van der Waals surface area contributed by atoms with E-state index in [4.69, 9.17) is 14.6 Å². The van der Waals surface area contributed by atoms with Crippen molar-refractivity contribution >= 4 is 35.0 Å². The van der Waals surface area contributed by atoms with Gasteiger partial charge in [0.15, 0.2) is 0 Å². The summed E-state index contributed by atoms with van der Waals surface area (Å²) in [4.78, 5) is 56.5. The van der Waals surface area contributed by atoms with Crippen LogP contribution in [-0.4, -0.2) is 94.9 Å². The Balaban J connectivity index is 1.58. The van der Waals surface area contributed by atoms with Crippen molar-refractivity contribution in [1.29, 1.82) is 0 Å². The number of aliphatic hydroxyl groups is 1. The zero-order valence-electron chi connectivity index (χ0n) is 23.7. The van der Waals surface area contributed by atoms with E-state index in [1.165, 1.54) is 4.90 Å². The lowest BCUT2D eigenvalue weighted by molar-refractivity contribution is -0.145. The number of rotatable bonds is 13. The Labute approximate surface area is 243 Å². The van der Waals surface area contributed by atoms with Gasteiger partial charge in [-0.1, -0.05) is 45.0 Å². The molecule has 224 valence electrons. The lowest BCUT2D eigenvalue weighted by Gasteiger charge is -2.35. The van der Waals surface area contributed by atoms with E-state index < -0.39 is 48.0 Å². The normalized spacial score (nSPS) is 17.7. The van der Waals surface area contributed by atoms with Crippen molar-refractivity contribution in [3.63, 3.8) is 0 Å². The molecule has 3 atom stereocenters. The molecule has 1 fully saturated rings. The second-order valence-corrected chi connectivity index (χ2v) is 11.8. The monoisotopic (exact) mass is 590 g/mol. The van der Waals surface area contributed by atoms with Gasteiger partial charge in [0.25, 0.3) is 0 Å². The number of carboxylic acids is 1. The molecule has 3 amide bonds. The van der Waals surface area contributed by atoms with Crippen LogP contribution < -0.4 is 10.6 Å². The SMILES string of the molecule is Cc1ncsc1-c1ccc(CNC(=O)[C@@H]2C[C@H](O)CN2C(=O)[C@@H](NC(=O)COCCOCC(=O)O)C(C)(C)C)cc1. The molecule has 13 heteroatoms. The first-order chi connectivity index (χ1) is 19.4. The number of aliphatic hydroxyl groups excluding tert-OH is 1. The third-order valence-electron chi connectivity index (χ3n) is 6.54. The number of aromatic nitrogens is 1. The summed E-state index contributed by atoms with van der Waals surface area (Å²) in [5.41, 5.74) is 3.98. The van der Waals surface area contributed by atoms with Crippen LogP contribution in [0.25, 0.3) is 10.4 Å². The molecule has 0 aliphatic carbocycles. The highest BCUT2D eigenvalue weighted by molar-refractivity contribution is 7.13. The van der Waals surface area contributed by atoms with Crippen molar-refractivity contribution in [3.05, 3.63) is 41.0 Å². The first-order valence-electron chi connectivity index (χ1n) is 13.3. The third-order valence-corrected chi connectivity index (χ3v) is 7.52. The number of carbonyl (C=O) groups excluding carboxylic acids is 3. The highest BCUT2D eigenvalue weighted by atomic mass is 32.1.